The number of esters is 1. The molecule has 0 bridgehead atoms. The SMILES string of the molecule is C#CN.CC.CCOC(=O)c1cnn2cc(Br)ccc12. The molecule has 0 aliphatic heterocycles. The van der Waals surface area contributed by atoms with E-state index in [1.165, 1.54) is 6.20 Å². The summed E-state index contributed by atoms with van der Waals surface area (Å²) in [5, 5.41) is 4.07. The molecule has 0 spiro atoms. The minimum atomic E-state index is -0.338. The van der Waals surface area contributed by atoms with Gasteiger partial charge in [0, 0.05) is 10.7 Å². The first-order valence-corrected chi connectivity index (χ1v) is 6.89. The molecule has 0 aromatic carbocycles. The Morgan fingerprint density at radius 2 is 2.15 bits per heavy atom. The monoisotopic (exact) mass is 339 g/mol. The lowest BCUT2D eigenvalue weighted by atomic mass is 10.3. The fourth-order valence-electron chi connectivity index (χ4n) is 1.33. The Bertz CT molecular complexity index is 588. The largest absolute Gasteiger partial charge is 0.462 e. The molecule has 0 amide bonds. The first-order valence-electron chi connectivity index (χ1n) is 6.10. The van der Waals surface area contributed by atoms with Gasteiger partial charge in [0.2, 0.25) is 0 Å². The fraction of sp³-hybridized carbons (Fsp3) is 0.286. The Kier molecular flexibility index (Phi) is 8.88. The van der Waals surface area contributed by atoms with Gasteiger partial charge in [-0.15, -0.1) is 0 Å². The van der Waals surface area contributed by atoms with Crippen LogP contribution < -0.4 is 5.73 Å². The highest BCUT2D eigenvalue weighted by Gasteiger charge is 2.13. The van der Waals surface area contributed by atoms with Gasteiger partial charge in [-0.1, -0.05) is 20.3 Å². The van der Waals surface area contributed by atoms with Crippen molar-refractivity contribution >= 4 is 27.4 Å². The van der Waals surface area contributed by atoms with Gasteiger partial charge in [0.05, 0.1) is 18.3 Å². The van der Waals surface area contributed by atoms with E-state index in [9.17, 15) is 4.79 Å². The smallest absolute Gasteiger partial charge is 0.341 e. The molecule has 2 rings (SSSR count). The topological polar surface area (TPSA) is 69.6 Å². The van der Waals surface area contributed by atoms with Crippen molar-refractivity contribution in [1.82, 2.24) is 9.61 Å². The number of rotatable bonds is 2. The van der Waals surface area contributed by atoms with Crippen LogP contribution >= 0.6 is 15.9 Å². The summed E-state index contributed by atoms with van der Waals surface area (Å²) in [4.78, 5) is 11.5. The van der Waals surface area contributed by atoms with E-state index >= 15 is 0 Å². The van der Waals surface area contributed by atoms with Crippen LogP contribution in [0.3, 0.4) is 0 Å². The quantitative estimate of drug-likeness (QED) is 0.518. The lowest BCUT2D eigenvalue weighted by molar-refractivity contribution is 0.0528. The molecule has 0 atom stereocenters. The van der Waals surface area contributed by atoms with Crippen LogP contribution in [0.1, 0.15) is 31.1 Å². The van der Waals surface area contributed by atoms with Crippen LogP contribution in [0.2, 0.25) is 0 Å². The van der Waals surface area contributed by atoms with E-state index in [4.69, 9.17) is 4.74 Å². The van der Waals surface area contributed by atoms with Gasteiger partial charge in [-0.25, -0.2) is 9.31 Å². The third-order valence-corrected chi connectivity index (χ3v) is 2.44. The van der Waals surface area contributed by atoms with E-state index in [1.54, 1.807) is 23.7 Å². The van der Waals surface area contributed by atoms with Crippen LogP contribution in [0, 0.1) is 12.5 Å². The average molecular weight is 340 g/mol. The summed E-state index contributed by atoms with van der Waals surface area (Å²) in [7, 11) is 0. The molecule has 2 aromatic rings. The summed E-state index contributed by atoms with van der Waals surface area (Å²) in [5.41, 5.74) is 5.61. The summed E-state index contributed by atoms with van der Waals surface area (Å²) in [6.07, 6.45) is 7.68. The van der Waals surface area contributed by atoms with E-state index in [0.29, 0.717) is 12.2 Å². The highest BCUT2D eigenvalue weighted by Crippen LogP contribution is 2.15. The molecule has 0 saturated carbocycles. The Morgan fingerprint density at radius 3 is 2.70 bits per heavy atom. The Labute approximate surface area is 127 Å². The molecule has 5 nitrogen and oxygen atoms in total. The van der Waals surface area contributed by atoms with Crippen LogP contribution in [0.5, 0.6) is 0 Å². The van der Waals surface area contributed by atoms with Crippen LogP contribution in [0.25, 0.3) is 5.52 Å². The van der Waals surface area contributed by atoms with Crippen LogP contribution in [0.4, 0.5) is 0 Å². The molecule has 0 radical (unpaired) electrons. The maximum atomic E-state index is 11.5. The zero-order valence-corrected chi connectivity index (χ0v) is 13.3. The second-order valence-corrected chi connectivity index (χ2v) is 4.04. The minimum Gasteiger partial charge on any atom is -0.462 e. The number of halogens is 1. The number of nitrogens with zero attached hydrogens (tertiary/aromatic N) is 2. The Morgan fingerprint density at radius 1 is 1.55 bits per heavy atom. The second-order valence-electron chi connectivity index (χ2n) is 3.12. The molecule has 6 heteroatoms. The van der Waals surface area contributed by atoms with Gasteiger partial charge in [-0.3, -0.25) is 0 Å². The zero-order chi connectivity index (χ0) is 15.5. The van der Waals surface area contributed by atoms with E-state index in [1.807, 2.05) is 26.0 Å². The number of hydrogen-bond acceptors (Lipinski definition) is 4. The average Bonchev–Trinajstić information content (AvgIpc) is 2.85. The molecular weight excluding hydrogens is 322 g/mol. The van der Waals surface area contributed by atoms with Crippen molar-refractivity contribution in [2.24, 2.45) is 5.73 Å². The van der Waals surface area contributed by atoms with Crippen molar-refractivity contribution in [3.05, 3.63) is 34.6 Å². The molecule has 0 saturated heterocycles. The van der Waals surface area contributed by atoms with Crippen molar-refractivity contribution in [2.45, 2.75) is 20.8 Å². The normalized spacial score (nSPS) is 8.55. The number of terminal acetylenes is 1. The van der Waals surface area contributed by atoms with Gasteiger partial charge in [0.25, 0.3) is 0 Å². The lowest BCUT2D eigenvalue weighted by Crippen LogP contribution is -2.03. The van der Waals surface area contributed by atoms with Gasteiger partial charge in [-0.05, 0) is 41.0 Å². The van der Waals surface area contributed by atoms with Gasteiger partial charge in [-0.2, -0.15) is 5.10 Å². The van der Waals surface area contributed by atoms with E-state index in [-0.39, 0.29) is 5.97 Å². The summed E-state index contributed by atoms with van der Waals surface area (Å²) in [5.74, 6) is -0.338. The molecule has 20 heavy (non-hydrogen) atoms. The number of aromatic nitrogens is 2. The standard InChI is InChI=1S/C10H9BrN2O2.C2H3N.C2H6/c1-2-15-10(14)8-5-12-13-6-7(11)3-4-9(8)13;1-2-3;1-2/h3-6H,2H2,1H3;1H,3H2;1-2H3. The van der Waals surface area contributed by atoms with Crippen LogP contribution in [-0.4, -0.2) is 22.2 Å². The highest BCUT2D eigenvalue weighted by molar-refractivity contribution is 9.10. The lowest BCUT2D eigenvalue weighted by Gasteiger charge is -1.99. The van der Waals surface area contributed by atoms with Gasteiger partial charge < -0.3 is 10.5 Å². The third kappa shape index (κ3) is 4.94. The maximum absolute atomic E-state index is 11.5. The molecule has 2 heterocycles. The van der Waals surface area contributed by atoms with E-state index in [0.717, 1.165) is 9.99 Å². The fourth-order valence-corrected chi connectivity index (χ4v) is 1.65. The Hall–Kier alpha value is -2.00. The summed E-state index contributed by atoms with van der Waals surface area (Å²) < 4.78 is 7.47. The summed E-state index contributed by atoms with van der Waals surface area (Å²) in [6, 6.07) is 5.43. The maximum Gasteiger partial charge on any atom is 0.341 e. The molecule has 2 aromatic heterocycles. The first-order chi connectivity index (χ1) is 9.63. The molecular formula is C14H18BrN3O2. The molecule has 2 N–H and O–H groups in total. The third-order valence-electron chi connectivity index (χ3n) is 1.98. The van der Waals surface area contributed by atoms with Crippen LogP contribution in [0.15, 0.2) is 29.0 Å². The first kappa shape index (κ1) is 18.0. The van der Waals surface area contributed by atoms with E-state index < -0.39 is 0 Å². The minimum absolute atomic E-state index is 0.338. The number of ether oxygens (including phenoxy) is 1. The van der Waals surface area contributed by atoms with Crippen molar-refractivity contribution in [1.29, 1.82) is 0 Å². The number of pyridine rings is 1. The second kappa shape index (κ2) is 9.87. The predicted molar refractivity (Wildman–Crippen MR) is 83.2 cm³/mol. The summed E-state index contributed by atoms with van der Waals surface area (Å²) >= 11 is 3.33. The van der Waals surface area contributed by atoms with Crippen molar-refractivity contribution in [3.8, 4) is 12.5 Å². The van der Waals surface area contributed by atoms with Gasteiger partial charge >= 0.3 is 5.97 Å². The van der Waals surface area contributed by atoms with Crippen molar-refractivity contribution < 1.29 is 9.53 Å². The van der Waals surface area contributed by atoms with Gasteiger partial charge in [0.15, 0.2) is 0 Å². The number of carbonyl (C=O) groups is 1. The number of carbonyl (C=O) groups excluding carboxylic acids is 1. The number of nitrogens with two attached hydrogens (primary N) is 1. The van der Waals surface area contributed by atoms with Crippen LogP contribution in [-0.2, 0) is 4.74 Å². The molecule has 0 aliphatic carbocycles. The number of fused-ring (bicyclic) bond motifs is 1. The Balaban J connectivity index is 0.000000641. The highest BCUT2D eigenvalue weighted by atomic mass is 79.9. The number of hydrogen-bond donors (Lipinski definition) is 1. The van der Waals surface area contributed by atoms with Crippen molar-refractivity contribution in [3.63, 3.8) is 0 Å². The molecule has 0 fully saturated rings. The molecule has 0 aliphatic rings. The zero-order valence-electron chi connectivity index (χ0n) is 11.8. The van der Waals surface area contributed by atoms with Gasteiger partial charge in [0.1, 0.15) is 5.56 Å². The molecule has 108 valence electrons. The molecule has 0 unspecified atom stereocenters. The van der Waals surface area contributed by atoms with E-state index in [2.05, 4.69) is 33.2 Å². The predicted octanol–water partition coefficient (Wildman–Crippen LogP) is 2.84. The van der Waals surface area contributed by atoms with Crippen molar-refractivity contribution in [2.75, 3.05) is 6.61 Å². The summed E-state index contributed by atoms with van der Waals surface area (Å²) in [6.45, 7) is 6.15.